The fourth-order valence-electron chi connectivity index (χ4n) is 2.51. The van der Waals surface area contributed by atoms with Crippen molar-refractivity contribution in [2.45, 2.75) is 26.3 Å². The van der Waals surface area contributed by atoms with Crippen LogP contribution in [0.5, 0.6) is 0 Å². The number of carboxylic acids is 1. The van der Waals surface area contributed by atoms with Gasteiger partial charge in [0, 0.05) is 18.0 Å². The highest BCUT2D eigenvalue weighted by molar-refractivity contribution is 7.09. The average Bonchev–Trinajstić information content (AvgIpc) is 3.12. The number of thiazole rings is 1. The molecule has 0 amide bonds. The number of aryl methyl sites for hydroxylation is 1. The number of nitrogens with zero attached hydrogens (tertiary/aromatic N) is 3. The van der Waals surface area contributed by atoms with Crippen molar-refractivity contribution in [1.82, 2.24) is 14.5 Å². The van der Waals surface area contributed by atoms with Crippen LogP contribution in [0.4, 0.5) is 0 Å². The van der Waals surface area contributed by atoms with Gasteiger partial charge >= 0.3 is 5.97 Å². The first-order valence-corrected chi connectivity index (χ1v) is 7.63. The van der Waals surface area contributed by atoms with E-state index in [9.17, 15) is 4.79 Å². The number of hydrogen-bond donors (Lipinski definition) is 1. The van der Waals surface area contributed by atoms with Crippen LogP contribution in [0.25, 0.3) is 11.0 Å². The molecule has 0 saturated carbocycles. The van der Waals surface area contributed by atoms with Gasteiger partial charge < -0.3 is 9.67 Å². The third kappa shape index (κ3) is 2.31. The maximum atomic E-state index is 11.1. The van der Waals surface area contributed by atoms with Gasteiger partial charge in [0.05, 0.1) is 22.6 Å². The molecule has 21 heavy (non-hydrogen) atoms. The second-order valence-electron chi connectivity index (χ2n) is 4.81. The number of carbonyl (C=O) groups is 1. The minimum Gasteiger partial charge on any atom is -0.478 e. The van der Waals surface area contributed by atoms with Crippen molar-refractivity contribution in [3.63, 3.8) is 0 Å². The molecule has 0 aliphatic heterocycles. The number of imidazole rings is 1. The molecule has 0 aliphatic rings. The van der Waals surface area contributed by atoms with Crippen molar-refractivity contribution in [2.24, 2.45) is 0 Å². The molecule has 1 N–H and O–H groups in total. The van der Waals surface area contributed by atoms with E-state index in [2.05, 4.69) is 21.5 Å². The zero-order chi connectivity index (χ0) is 15.0. The summed E-state index contributed by atoms with van der Waals surface area (Å²) in [6.45, 7) is 4.13. The van der Waals surface area contributed by atoms with Crippen molar-refractivity contribution in [3.8, 4) is 0 Å². The van der Waals surface area contributed by atoms with Crippen LogP contribution in [0.2, 0.25) is 0 Å². The molecule has 3 aromatic rings. The molecular formula is C15H15N3O2S. The zero-order valence-electron chi connectivity index (χ0n) is 11.8. The molecule has 0 radical (unpaired) electrons. The Hall–Kier alpha value is -2.21. The van der Waals surface area contributed by atoms with Gasteiger partial charge in [-0.1, -0.05) is 6.92 Å². The Bertz CT molecular complexity index is 793. The predicted molar refractivity (Wildman–Crippen MR) is 82.0 cm³/mol. The first kappa shape index (κ1) is 13.8. The SMILES string of the molecule is CCc1nc2cc(C(=O)O)ccc2n1C(C)c1nccs1. The fourth-order valence-corrected chi connectivity index (χ4v) is 3.20. The molecule has 5 nitrogen and oxygen atoms in total. The summed E-state index contributed by atoms with van der Waals surface area (Å²) < 4.78 is 2.14. The van der Waals surface area contributed by atoms with E-state index in [1.807, 2.05) is 18.4 Å². The molecule has 1 atom stereocenters. The van der Waals surface area contributed by atoms with Gasteiger partial charge in [0.25, 0.3) is 0 Å². The number of benzene rings is 1. The number of aromatic nitrogens is 3. The van der Waals surface area contributed by atoms with Gasteiger partial charge in [-0.05, 0) is 25.1 Å². The van der Waals surface area contributed by atoms with Gasteiger partial charge in [-0.25, -0.2) is 14.8 Å². The lowest BCUT2D eigenvalue weighted by Gasteiger charge is -2.14. The minimum atomic E-state index is -0.933. The first-order valence-electron chi connectivity index (χ1n) is 6.75. The Morgan fingerprint density at radius 2 is 2.29 bits per heavy atom. The number of fused-ring (bicyclic) bond motifs is 1. The van der Waals surface area contributed by atoms with Crippen molar-refractivity contribution in [3.05, 3.63) is 46.2 Å². The molecule has 1 aromatic carbocycles. The molecule has 0 spiro atoms. The van der Waals surface area contributed by atoms with Gasteiger partial charge in [0.15, 0.2) is 0 Å². The third-order valence-electron chi connectivity index (χ3n) is 3.52. The van der Waals surface area contributed by atoms with E-state index < -0.39 is 5.97 Å². The quantitative estimate of drug-likeness (QED) is 0.802. The van der Waals surface area contributed by atoms with Gasteiger partial charge in [-0.2, -0.15) is 0 Å². The Kier molecular flexibility index (Phi) is 3.47. The summed E-state index contributed by atoms with van der Waals surface area (Å²) in [6, 6.07) is 5.16. The monoisotopic (exact) mass is 301 g/mol. The van der Waals surface area contributed by atoms with E-state index in [-0.39, 0.29) is 11.6 Å². The summed E-state index contributed by atoms with van der Waals surface area (Å²) in [5, 5.41) is 12.1. The number of hydrogen-bond acceptors (Lipinski definition) is 4. The molecule has 0 fully saturated rings. The Balaban J connectivity index is 2.19. The van der Waals surface area contributed by atoms with Crippen molar-refractivity contribution >= 4 is 28.3 Å². The normalized spacial score (nSPS) is 12.7. The molecule has 108 valence electrons. The maximum absolute atomic E-state index is 11.1. The van der Waals surface area contributed by atoms with E-state index in [0.717, 1.165) is 28.3 Å². The molecule has 0 aliphatic carbocycles. The van der Waals surface area contributed by atoms with Gasteiger partial charge in [0.2, 0.25) is 0 Å². The van der Waals surface area contributed by atoms with Crippen LogP contribution in [-0.4, -0.2) is 25.6 Å². The van der Waals surface area contributed by atoms with Crippen LogP contribution in [0.3, 0.4) is 0 Å². The summed E-state index contributed by atoms with van der Waals surface area (Å²) >= 11 is 1.61. The smallest absolute Gasteiger partial charge is 0.335 e. The second kappa shape index (κ2) is 5.29. The first-order chi connectivity index (χ1) is 10.1. The average molecular weight is 301 g/mol. The lowest BCUT2D eigenvalue weighted by molar-refractivity contribution is 0.0697. The summed E-state index contributed by atoms with van der Waals surface area (Å²) in [4.78, 5) is 20.0. The molecule has 0 saturated heterocycles. The highest BCUT2D eigenvalue weighted by atomic mass is 32.1. The van der Waals surface area contributed by atoms with E-state index in [4.69, 9.17) is 5.11 Å². The largest absolute Gasteiger partial charge is 0.478 e. The number of carboxylic acid groups (broad SMARTS) is 1. The van der Waals surface area contributed by atoms with E-state index in [0.29, 0.717) is 0 Å². The summed E-state index contributed by atoms with van der Waals surface area (Å²) in [7, 11) is 0. The maximum Gasteiger partial charge on any atom is 0.335 e. The number of rotatable bonds is 4. The second-order valence-corrected chi connectivity index (χ2v) is 5.73. The van der Waals surface area contributed by atoms with Crippen LogP contribution >= 0.6 is 11.3 Å². The molecule has 1 unspecified atom stereocenters. The summed E-state index contributed by atoms with van der Waals surface area (Å²) in [5.41, 5.74) is 1.92. The molecule has 2 heterocycles. The Morgan fingerprint density at radius 3 is 2.90 bits per heavy atom. The predicted octanol–water partition coefficient (Wildman–Crippen LogP) is 3.36. The lowest BCUT2D eigenvalue weighted by atomic mass is 10.2. The zero-order valence-corrected chi connectivity index (χ0v) is 12.6. The van der Waals surface area contributed by atoms with Crippen LogP contribution in [0.1, 0.15) is 41.1 Å². The topological polar surface area (TPSA) is 68.0 Å². The van der Waals surface area contributed by atoms with Crippen LogP contribution in [0, 0.1) is 0 Å². The van der Waals surface area contributed by atoms with E-state index in [1.165, 1.54) is 0 Å². The lowest BCUT2D eigenvalue weighted by Crippen LogP contribution is -2.10. The Labute approximate surface area is 125 Å². The highest BCUT2D eigenvalue weighted by Gasteiger charge is 2.18. The molecule has 3 rings (SSSR count). The molecule has 6 heteroatoms. The van der Waals surface area contributed by atoms with Crippen LogP contribution in [0.15, 0.2) is 29.8 Å². The van der Waals surface area contributed by atoms with Crippen LogP contribution < -0.4 is 0 Å². The van der Waals surface area contributed by atoms with Crippen molar-refractivity contribution < 1.29 is 9.90 Å². The molecular weight excluding hydrogens is 286 g/mol. The summed E-state index contributed by atoms with van der Waals surface area (Å²) in [6.07, 6.45) is 2.58. The van der Waals surface area contributed by atoms with E-state index >= 15 is 0 Å². The van der Waals surface area contributed by atoms with Crippen molar-refractivity contribution in [1.29, 1.82) is 0 Å². The van der Waals surface area contributed by atoms with Gasteiger partial charge in [-0.3, -0.25) is 0 Å². The minimum absolute atomic E-state index is 0.0839. The van der Waals surface area contributed by atoms with Gasteiger partial charge in [-0.15, -0.1) is 11.3 Å². The standard InChI is InChI=1S/C15H15N3O2S/c1-3-13-17-11-8-10(15(19)20)4-5-12(11)18(13)9(2)14-16-6-7-21-14/h4-9H,3H2,1-2H3,(H,19,20). The van der Waals surface area contributed by atoms with Crippen molar-refractivity contribution in [2.75, 3.05) is 0 Å². The summed E-state index contributed by atoms with van der Waals surface area (Å²) in [5.74, 6) is 0.00714. The molecule has 2 aromatic heterocycles. The molecule has 0 bridgehead atoms. The Morgan fingerprint density at radius 1 is 1.48 bits per heavy atom. The van der Waals surface area contributed by atoms with Crippen LogP contribution in [-0.2, 0) is 6.42 Å². The fraction of sp³-hybridized carbons (Fsp3) is 0.267. The van der Waals surface area contributed by atoms with E-state index in [1.54, 1.807) is 29.7 Å². The highest BCUT2D eigenvalue weighted by Crippen LogP contribution is 2.28. The third-order valence-corrected chi connectivity index (χ3v) is 4.47. The van der Waals surface area contributed by atoms with Gasteiger partial charge in [0.1, 0.15) is 10.8 Å². The number of aromatic carboxylic acids is 1.